The van der Waals surface area contributed by atoms with Gasteiger partial charge in [-0.05, 0) is 18.6 Å². The van der Waals surface area contributed by atoms with Crippen LogP contribution in [0, 0.1) is 22.7 Å². The van der Waals surface area contributed by atoms with Crippen LogP contribution < -0.4 is 5.73 Å². The van der Waals surface area contributed by atoms with Crippen LogP contribution in [-0.2, 0) is 0 Å². The zero-order chi connectivity index (χ0) is 13.5. The highest BCUT2D eigenvalue weighted by Gasteiger charge is 2.25. The predicted molar refractivity (Wildman–Crippen MR) is 73.3 cm³/mol. The SMILES string of the molecule is CC(N)C(c1ccccc1Br)N(CC#N)CC#N. The quantitative estimate of drug-likeness (QED) is 0.846. The Balaban J connectivity index is 3.13. The largest absolute Gasteiger partial charge is 0.326 e. The summed E-state index contributed by atoms with van der Waals surface area (Å²) in [5.74, 6) is 0. The molecule has 2 unspecified atom stereocenters. The highest BCUT2D eigenvalue weighted by atomic mass is 79.9. The zero-order valence-electron chi connectivity index (χ0n) is 10.2. The lowest BCUT2D eigenvalue weighted by Gasteiger charge is -2.31. The predicted octanol–water partition coefficient (Wildman–Crippen LogP) is 2.19. The molecule has 5 heteroatoms. The van der Waals surface area contributed by atoms with E-state index in [0.717, 1.165) is 10.0 Å². The third-order valence-corrected chi connectivity index (χ3v) is 3.39. The summed E-state index contributed by atoms with van der Waals surface area (Å²) in [6, 6.07) is 11.6. The Morgan fingerprint density at radius 2 is 1.83 bits per heavy atom. The van der Waals surface area contributed by atoms with Crippen molar-refractivity contribution >= 4 is 15.9 Å². The van der Waals surface area contributed by atoms with E-state index in [9.17, 15) is 0 Å². The minimum Gasteiger partial charge on any atom is -0.326 e. The average Bonchev–Trinajstić information content (AvgIpc) is 2.32. The molecule has 0 bridgehead atoms. The molecule has 0 amide bonds. The van der Waals surface area contributed by atoms with E-state index in [-0.39, 0.29) is 25.2 Å². The Kier molecular flexibility index (Phi) is 5.80. The third-order valence-electron chi connectivity index (χ3n) is 2.66. The molecule has 0 fully saturated rings. The van der Waals surface area contributed by atoms with Gasteiger partial charge in [-0.15, -0.1) is 0 Å². The molecule has 0 radical (unpaired) electrons. The van der Waals surface area contributed by atoms with E-state index < -0.39 is 0 Å². The van der Waals surface area contributed by atoms with Crippen molar-refractivity contribution in [2.45, 2.75) is 19.0 Å². The smallest absolute Gasteiger partial charge is 0.0879 e. The lowest BCUT2D eigenvalue weighted by Crippen LogP contribution is -2.40. The second-order valence-electron chi connectivity index (χ2n) is 4.05. The molecule has 2 atom stereocenters. The summed E-state index contributed by atoms with van der Waals surface area (Å²) in [4.78, 5) is 1.78. The molecule has 0 heterocycles. The van der Waals surface area contributed by atoms with Crippen LogP contribution in [0.1, 0.15) is 18.5 Å². The molecule has 1 rings (SSSR count). The van der Waals surface area contributed by atoms with E-state index in [0.29, 0.717) is 0 Å². The Morgan fingerprint density at radius 3 is 2.28 bits per heavy atom. The van der Waals surface area contributed by atoms with Crippen LogP contribution in [0.5, 0.6) is 0 Å². The van der Waals surface area contributed by atoms with Gasteiger partial charge >= 0.3 is 0 Å². The summed E-state index contributed by atoms with van der Waals surface area (Å²) in [6.07, 6.45) is 0. The maximum absolute atomic E-state index is 8.86. The van der Waals surface area contributed by atoms with Gasteiger partial charge in [0, 0.05) is 10.5 Å². The van der Waals surface area contributed by atoms with Gasteiger partial charge in [0.15, 0.2) is 0 Å². The standard InChI is InChI=1S/C13H15BrN4/c1-10(17)13(18(8-6-15)9-7-16)11-4-2-3-5-12(11)14/h2-5,10,13H,8-9,17H2,1H3. The zero-order valence-corrected chi connectivity index (χ0v) is 11.8. The maximum atomic E-state index is 8.86. The number of hydrogen-bond donors (Lipinski definition) is 1. The first-order chi connectivity index (χ1) is 8.61. The van der Waals surface area contributed by atoms with Crippen molar-refractivity contribution in [3.8, 4) is 12.1 Å². The fraction of sp³-hybridized carbons (Fsp3) is 0.385. The van der Waals surface area contributed by atoms with Gasteiger partial charge in [0.1, 0.15) is 0 Å². The fourth-order valence-electron chi connectivity index (χ4n) is 1.96. The minimum absolute atomic E-state index is 0.153. The van der Waals surface area contributed by atoms with Crippen LogP contribution >= 0.6 is 15.9 Å². The Bertz CT molecular complexity index is 457. The van der Waals surface area contributed by atoms with Crippen molar-refractivity contribution in [1.29, 1.82) is 10.5 Å². The molecule has 18 heavy (non-hydrogen) atoms. The summed E-state index contributed by atoms with van der Waals surface area (Å²) < 4.78 is 0.938. The minimum atomic E-state index is -0.176. The average molecular weight is 307 g/mol. The first-order valence-corrected chi connectivity index (χ1v) is 6.39. The van der Waals surface area contributed by atoms with E-state index in [1.165, 1.54) is 0 Å². The van der Waals surface area contributed by atoms with Gasteiger partial charge in [-0.1, -0.05) is 34.1 Å². The van der Waals surface area contributed by atoms with Crippen LogP contribution in [0.2, 0.25) is 0 Å². The van der Waals surface area contributed by atoms with E-state index in [1.807, 2.05) is 31.2 Å². The molecule has 0 spiro atoms. The lowest BCUT2D eigenvalue weighted by molar-refractivity contribution is 0.221. The number of nitrogens with zero attached hydrogens (tertiary/aromatic N) is 3. The molecule has 0 saturated carbocycles. The molecule has 1 aromatic carbocycles. The summed E-state index contributed by atoms with van der Waals surface area (Å²) in [6.45, 7) is 2.24. The molecule has 0 aliphatic rings. The second-order valence-corrected chi connectivity index (χ2v) is 4.90. The first kappa shape index (κ1) is 14.7. The van der Waals surface area contributed by atoms with E-state index >= 15 is 0 Å². The van der Waals surface area contributed by atoms with Crippen LogP contribution in [0.4, 0.5) is 0 Å². The number of hydrogen-bond acceptors (Lipinski definition) is 4. The van der Waals surface area contributed by atoms with Gasteiger partial charge in [0.05, 0.1) is 31.3 Å². The van der Waals surface area contributed by atoms with Gasteiger partial charge in [0.25, 0.3) is 0 Å². The molecule has 94 valence electrons. The van der Waals surface area contributed by atoms with Gasteiger partial charge in [-0.2, -0.15) is 10.5 Å². The summed E-state index contributed by atoms with van der Waals surface area (Å²) in [5.41, 5.74) is 7.02. The summed E-state index contributed by atoms with van der Waals surface area (Å²) >= 11 is 3.49. The normalized spacial score (nSPS) is 13.7. The van der Waals surface area contributed by atoms with Crippen LogP contribution in [-0.4, -0.2) is 24.0 Å². The number of nitrogens with two attached hydrogens (primary N) is 1. The maximum Gasteiger partial charge on any atom is 0.0879 e. The van der Waals surface area contributed by atoms with Crippen LogP contribution in [0.3, 0.4) is 0 Å². The van der Waals surface area contributed by atoms with Crippen molar-refractivity contribution in [2.24, 2.45) is 5.73 Å². The van der Waals surface area contributed by atoms with Crippen molar-refractivity contribution in [3.05, 3.63) is 34.3 Å². The number of rotatable bonds is 5. The topological polar surface area (TPSA) is 76.8 Å². The molecule has 0 aliphatic heterocycles. The Hall–Kier alpha value is -1.40. The Morgan fingerprint density at radius 1 is 1.28 bits per heavy atom. The molecule has 0 aromatic heterocycles. The van der Waals surface area contributed by atoms with Crippen LogP contribution in [0.15, 0.2) is 28.7 Å². The molecule has 4 nitrogen and oxygen atoms in total. The number of nitriles is 2. The van der Waals surface area contributed by atoms with E-state index in [4.69, 9.17) is 16.3 Å². The lowest BCUT2D eigenvalue weighted by atomic mass is 9.99. The van der Waals surface area contributed by atoms with Crippen molar-refractivity contribution in [2.75, 3.05) is 13.1 Å². The molecule has 0 aliphatic carbocycles. The van der Waals surface area contributed by atoms with Crippen LogP contribution in [0.25, 0.3) is 0 Å². The van der Waals surface area contributed by atoms with Crippen molar-refractivity contribution < 1.29 is 0 Å². The molecular weight excluding hydrogens is 292 g/mol. The van der Waals surface area contributed by atoms with Gasteiger partial charge in [0.2, 0.25) is 0 Å². The monoisotopic (exact) mass is 306 g/mol. The molecule has 1 aromatic rings. The number of halogens is 1. The van der Waals surface area contributed by atoms with E-state index in [1.54, 1.807) is 4.90 Å². The van der Waals surface area contributed by atoms with Crippen molar-refractivity contribution in [1.82, 2.24) is 4.90 Å². The number of benzene rings is 1. The molecule has 2 N–H and O–H groups in total. The first-order valence-electron chi connectivity index (χ1n) is 5.59. The Labute approximate surface area is 116 Å². The molecular formula is C13H15BrN4. The van der Waals surface area contributed by atoms with Gasteiger partial charge < -0.3 is 5.73 Å². The summed E-state index contributed by atoms with van der Waals surface area (Å²) in [7, 11) is 0. The van der Waals surface area contributed by atoms with E-state index in [2.05, 4.69) is 28.1 Å². The second kappa shape index (κ2) is 7.13. The summed E-state index contributed by atoms with van der Waals surface area (Å²) in [5, 5.41) is 17.7. The van der Waals surface area contributed by atoms with Gasteiger partial charge in [-0.3, -0.25) is 4.90 Å². The highest BCUT2D eigenvalue weighted by molar-refractivity contribution is 9.10. The fourth-order valence-corrected chi connectivity index (χ4v) is 2.48. The molecule has 0 saturated heterocycles. The van der Waals surface area contributed by atoms with Crippen molar-refractivity contribution in [3.63, 3.8) is 0 Å². The highest BCUT2D eigenvalue weighted by Crippen LogP contribution is 2.29. The van der Waals surface area contributed by atoms with Gasteiger partial charge in [-0.25, -0.2) is 0 Å². The third kappa shape index (κ3) is 3.54.